The third-order valence-electron chi connectivity index (χ3n) is 2.56. The largest absolute Gasteiger partial charge is 0.399 e. The number of nitrogen functional groups attached to an aromatic ring is 1. The normalized spacial score (nSPS) is 11.4. The predicted octanol–water partition coefficient (Wildman–Crippen LogP) is 0.960. The van der Waals surface area contributed by atoms with Gasteiger partial charge in [-0.05, 0) is 30.7 Å². The second-order valence-corrected chi connectivity index (χ2v) is 7.71. The first-order valence-electron chi connectivity index (χ1n) is 5.78. The van der Waals surface area contributed by atoms with Crippen LogP contribution in [0.1, 0.15) is 12.0 Å². The molecule has 1 aromatic rings. The summed E-state index contributed by atoms with van der Waals surface area (Å²) in [6, 6.07) is 5.60. The van der Waals surface area contributed by atoms with E-state index in [9.17, 15) is 13.2 Å². The van der Waals surface area contributed by atoms with E-state index in [0.29, 0.717) is 5.75 Å². The van der Waals surface area contributed by atoms with Gasteiger partial charge in [0.15, 0.2) is 9.84 Å². The number of hydrogen-bond acceptors (Lipinski definition) is 5. The zero-order chi connectivity index (χ0) is 14.5. The number of sulfone groups is 1. The Bertz CT molecular complexity index is 556. The molecule has 0 radical (unpaired) electrons. The van der Waals surface area contributed by atoms with E-state index in [4.69, 9.17) is 11.5 Å². The Hall–Kier alpha value is -1.21. The van der Waals surface area contributed by atoms with E-state index in [1.807, 2.05) is 19.1 Å². The molecule has 0 aliphatic carbocycles. The Balaban J connectivity index is 2.45. The van der Waals surface area contributed by atoms with E-state index in [-0.39, 0.29) is 17.9 Å². The zero-order valence-electron chi connectivity index (χ0n) is 10.8. The van der Waals surface area contributed by atoms with Crippen LogP contribution in [-0.2, 0) is 14.6 Å². The molecule has 0 aliphatic rings. The molecule has 0 spiro atoms. The van der Waals surface area contributed by atoms with Gasteiger partial charge in [-0.3, -0.25) is 4.79 Å². The molecule has 0 atom stereocenters. The van der Waals surface area contributed by atoms with Crippen molar-refractivity contribution in [3.63, 3.8) is 0 Å². The third-order valence-corrected chi connectivity index (χ3v) is 5.47. The lowest BCUT2D eigenvalue weighted by Gasteiger charge is -2.05. The maximum absolute atomic E-state index is 11.6. The number of rotatable bonds is 7. The number of aryl methyl sites for hydroxylation is 1. The van der Waals surface area contributed by atoms with E-state index < -0.39 is 15.7 Å². The van der Waals surface area contributed by atoms with Crippen LogP contribution in [0.15, 0.2) is 23.1 Å². The molecule has 106 valence electrons. The van der Waals surface area contributed by atoms with Gasteiger partial charge in [-0.15, -0.1) is 11.8 Å². The molecule has 0 heterocycles. The summed E-state index contributed by atoms with van der Waals surface area (Å²) < 4.78 is 23.2. The average Bonchev–Trinajstić information content (AvgIpc) is 2.31. The minimum absolute atomic E-state index is 0.0361. The van der Waals surface area contributed by atoms with Gasteiger partial charge in [0.05, 0.1) is 11.5 Å². The monoisotopic (exact) mass is 302 g/mol. The highest BCUT2D eigenvalue weighted by atomic mass is 32.2. The van der Waals surface area contributed by atoms with Gasteiger partial charge in [0.1, 0.15) is 0 Å². The van der Waals surface area contributed by atoms with E-state index >= 15 is 0 Å². The second-order valence-electron chi connectivity index (χ2n) is 4.23. The zero-order valence-corrected chi connectivity index (χ0v) is 12.4. The van der Waals surface area contributed by atoms with Gasteiger partial charge < -0.3 is 11.5 Å². The standard InChI is InChI=1S/C12H18N2O3S2/c1-9-8-10(2-3-11(9)13)18-5-7-19(16,17)6-4-12(14)15/h2-3,8H,4-7,13H2,1H3,(H2,14,15). The van der Waals surface area contributed by atoms with Gasteiger partial charge in [0, 0.05) is 22.8 Å². The van der Waals surface area contributed by atoms with Crippen LogP contribution in [0, 0.1) is 6.92 Å². The number of amides is 1. The molecule has 5 nitrogen and oxygen atoms in total. The van der Waals surface area contributed by atoms with Crippen molar-refractivity contribution in [2.75, 3.05) is 23.0 Å². The molecule has 1 aromatic carbocycles. The van der Waals surface area contributed by atoms with E-state index in [1.165, 1.54) is 11.8 Å². The van der Waals surface area contributed by atoms with Crippen LogP contribution in [0.3, 0.4) is 0 Å². The van der Waals surface area contributed by atoms with Crippen LogP contribution in [0.2, 0.25) is 0 Å². The molecule has 0 bridgehead atoms. The Morgan fingerprint density at radius 1 is 1.32 bits per heavy atom. The molecular formula is C12H18N2O3S2. The summed E-state index contributed by atoms with van der Waals surface area (Å²) in [5.41, 5.74) is 12.3. The lowest BCUT2D eigenvalue weighted by molar-refractivity contribution is -0.117. The van der Waals surface area contributed by atoms with Gasteiger partial charge >= 0.3 is 0 Å². The summed E-state index contributed by atoms with van der Waals surface area (Å²) in [5.74, 6) is -0.284. The third kappa shape index (κ3) is 5.98. The maximum Gasteiger partial charge on any atom is 0.218 e. The van der Waals surface area contributed by atoms with Crippen molar-refractivity contribution in [3.05, 3.63) is 23.8 Å². The molecule has 4 N–H and O–H groups in total. The van der Waals surface area contributed by atoms with Crippen LogP contribution < -0.4 is 11.5 Å². The summed E-state index contributed by atoms with van der Waals surface area (Å²) in [6.45, 7) is 1.91. The Labute approximate surface area is 117 Å². The van der Waals surface area contributed by atoms with Gasteiger partial charge in [-0.1, -0.05) is 0 Å². The minimum Gasteiger partial charge on any atom is -0.399 e. The lowest BCUT2D eigenvalue weighted by atomic mass is 10.2. The highest BCUT2D eigenvalue weighted by Crippen LogP contribution is 2.22. The number of carbonyl (C=O) groups is 1. The SMILES string of the molecule is Cc1cc(SCCS(=O)(=O)CCC(N)=O)ccc1N. The average molecular weight is 302 g/mol. The van der Waals surface area contributed by atoms with Crippen LogP contribution in [0.25, 0.3) is 0 Å². The molecule has 1 rings (SSSR count). The van der Waals surface area contributed by atoms with E-state index in [0.717, 1.165) is 16.1 Å². The predicted molar refractivity (Wildman–Crippen MR) is 78.8 cm³/mol. The summed E-state index contributed by atoms with van der Waals surface area (Å²) in [4.78, 5) is 11.5. The first-order valence-corrected chi connectivity index (χ1v) is 8.58. The summed E-state index contributed by atoms with van der Waals surface area (Å²) in [5, 5.41) is 0. The number of anilines is 1. The van der Waals surface area contributed by atoms with Gasteiger partial charge in [0.2, 0.25) is 5.91 Å². The lowest BCUT2D eigenvalue weighted by Crippen LogP contribution is -2.19. The molecule has 19 heavy (non-hydrogen) atoms. The molecule has 0 aliphatic heterocycles. The number of carbonyl (C=O) groups excluding carboxylic acids is 1. The molecule has 7 heteroatoms. The number of thioether (sulfide) groups is 1. The summed E-state index contributed by atoms with van der Waals surface area (Å²) in [6.07, 6.45) is -0.117. The first kappa shape index (κ1) is 15.8. The highest BCUT2D eigenvalue weighted by molar-refractivity contribution is 8.00. The molecule has 0 saturated heterocycles. The fourth-order valence-electron chi connectivity index (χ4n) is 1.38. The van der Waals surface area contributed by atoms with Crippen molar-refractivity contribution in [2.24, 2.45) is 5.73 Å². The minimum atomic E-state index is -3.21. The highest BCUT2D eigenvalue weighted by Gasteiger charge is 2.12. The van der Waals surface area contributed by atoms with Crippen LogP contribution in [0.5, 0.6) is 0 Å². The van der Waals surface area contributed by atoms with Crippen LogP contribution in [-0.4, -0.2) is 31.6 Å². The molecule has 0 unspecified atom stereocenters. The summed E-state index contributed by atoms with van der Waals surface area (Å²) >= 11 is 1.45. The van der Waals surface area contributed by atoms with Crippen molar-refractivity contribution in [3.8, 4) is 0 Å². The molecular weight excluding hydrogens is 284 g/mol. The Kier molecular flexibility index (Phi) is 5.68. The number of benzene rings is 1. The van der Waals surface area contributed by atoms with Gasteiger partial charge in [-0.25, -0.2) is 8.42 Å². The number of hydrogen-bond donors (Lipinski definition) is 2. The van der Waals surface area contributed by atoms with Crippen molar-refractivity contribution >= 4 is 33.2 Å². The first-order chi connectivity index (χ1) is 8.80. The number of primary amides is 1. The van der Waals surface area contributed by atoms with E-state index in [2.05, 4.69) is 0 Å². The fourth-order valence-corrected chi connectivity index (χ4v) is 4.11. The quantitative estimate of drug-likeness (QED) is 0.577. The topological polar surface area (TPSA) is 103 Å². The van der Waals surface area contributed by atoms with Gasteiger partial charge in [0.25, 0.3) is 0 Å². The van der Waals surface area contributed by atoms with Crippen LogP contribution >= 0.6 is 11.8 Å². The maximum atomic E-state index is 11.6. The molecule has 0 aromatic heterocycles. The van der Waals surface area contributed by atoms with Crippen molar-refractivity contribution in [1.82, 2.24) is 0 Å². The van der Waals surface area contributed by atoms with Gasteiger partial charge in [-0.2, -0.15) is 0 Å². The molecule has 0 fully saturated rings. The van der Waals surface area contributed by atoms with Crippen molar-refractivity contribution < 1.29 is 13.2 Å². The molecule has 0 saturated carbocycles. The Morgan fingerprint density at radius 3 is 2.58 bits per heavy atom. The summed E-state index contributed by atoms with van der Waals surface area (Å²) in [7, 11) is -3.21. The van der Waals surface area contributed by atoms with Crippen molar-refractivity contribution in [2.45, 2.75) is 18.2 Å². The number of nitrogens with two attached hydrogens (primary N) is 2. The van der Waals surface area contributed by atoms with E-state index in [1.54, 1.807) is 6.07 Å². The Morgan fingerprint density at radius 2 is 2.00 bits per heavy atom. The van der Waals surface area contributed by atoms with Crippen LogP contribution in [0.4, 0.5) is 5.69 Å². The van der Waals surface area contributed by atoms with Crippen molar-refractivity contribution in [1.29, 1.82) is 0 Å². The smallest absolute Gasteiger partial charge is 0.218 e. The fraction of sp³-hybridized carbons (Fsp3) is 0.417. The second kappa shape index (κ2) is 6.81. The molecule has 1 amide bonds.